The maximum Gasteiger partial charge on any atom is 0.140 e. The molecule has 1 N–H and O–H groups in total. The standard InChI is InChI=1S/C25H38O2S/c1-5-6-8-13-21(26)18(2)23(19-11-9-7-10-12-19)28-17-25-15-14-20(16-22(25)27)24(25,3)4/h7,9-12,18,20-21,23,26H,5-6,8,13-17H2,1-4H3/t18-,20-,21+,23-,25-/m1/s1. The normalized spacial score (nSPS) is 29.0. The molecule has 0 unspecified atom stereocenters. The van der Waals surface area contributed by atoms with Crippen molar-refractivity contribution in [1.29, 1.82) is 0 Å². The van der Waals surface area contributed by atoms with Gasteiger partial charge in [-0.3, -0.25) is 4.79 Å². The summed E-state index contributed by atoms with van der Waals surface area (Å²) in [5, 5.41) is 11.1. The van der Waals surface area contributed by atoms with E-state index in [1.54, 1.807) is 0 Å². The van der Waals surface area contributed by atoms with E-state index >= 15 is 0 Å². The van der Waals surface area contributed by atoms with E-state index in [4.69, 9.17) is 0 Å². The van der Waals surface area contributed by atoms with Crippen LogP contribution in [-0.4, -0.2) is 22.7 Å². The Morgan fingerprint density at radius 1 is 1.21 bits per heavy atom. The molecule has 0 amide bonds. The van der Waals surface area contributed by atoms with E-state index in [0.29, 0.717) is 11.7 Å². The lowest BCUT2D eigenvalue weighted by Crippen LogP contribution is -2.39. The van der Waals surface area contributed by atoms with Crippen molar-refractivity contribution in [3.63, 3.8) is 0 Å². The van der Waals surface area contributed by atoms with Crippen molar-refractivity contribution in [2.24, 2.45) is 22.7 Å². The van der Waals surface area contributed by atoms with Crippen LogP contribution in [0.4, 0.5) is 0 Å². The van der Waals surface area contributed by atoms with Gasteiger partial charge in [-0.1, -0.05) is 77.3 Å². The summed E-state index contributed by atoms with van der Waals surface area (Å²) in [5.41, 5.74) is 1.23. The molecule has 5 atom stereocenters. The second-order valence-electron chi connectivity index (χ2n) is 9.73. The largest absolute Gasteiger partial charge is 0.393 e. The fourth-order valence-electron chi connectivity index (χ4n) is 5.60. The average molecular weight is 403 g/mol. The Morgan fingerprint density at radius 2 is 1.93 bits per heavy atom. The van der Waals surface area contributed by atoms with Crippen LogP contribution in [-0.2, 0) is 4.79 Å². The maximum absolute atomic E-state index is 12.9. The van der Waals surface area contributed by atoms with Gasteiger partial charge in [0.05, 0.1) is 6.10 Å². The minimum absolute atomic E-state index is 0.112. The molecule has 2 nitrogen and oxygen atoms in total. The third kappa shape index (κ3) is 3.94. The number of aliphatic hydroxyl groups excluding tert-OH is 1. The van der Waals surface area contributed by atoms with Gasteiger partial charge in [0.1, 0.15) is 5.78 Å². The number of unbranched alkanes of at least 4 members (excludes halogenated alkanes) is 2. The molecule has 2 saturated carbocycles. The third-order valence-electron chi connectivity index (χ3n) is 7.96. The molecular formula is C25H38O2S. The highest BCUT2D eigenvalue weighted by Gasteiger charge is 2.63. The van der Waals surface area contributed by atoms with E-state index < -0.39 is 0 Å². The number of aliphatic hydroxyl groups is 1. The van der Waals surface area contributed by atoms with E-state index in [2.05, 4.69) is 58.0 Å². The molecule has 0 saturated heterocycles. The van der Waals surface area contributed by atoms with Gasteiger partial charge in [0, 0.05) is 22.8 Å². The first kappa shape index (κ1) is 21.9. The van der Waals surface area contributed by atoms with Crippen LogP contribution < -0.4 is 0 Å². The Kier molecular flexibility index (Phi) is 6.97. The van der Waals surface area contributed by atoms with Gasteiger partial charge >= 0.3 is 0 Å². The van der Waals surface area contributed by atoms with Crippen molar-refractivity contribution in [3.8, 4) is 0 Å². The molecule has 28 heavy (non-hydrogen) atoms. The molecule has 1 aromatic carbocycles. The Morgan fingerprint density at radius 3 is 2.50 bits per heavy atom. The molecule has 2 aliphatic carbocycles. The summed E-state index contributed by atoms with van der Waals surface area (Å²) in [6.45, 7) is 9.03. The lowest BCUT2D eigenvalue weighted by Gasteiger charge is -2.38. The zero-order valence-corrected chi connectivity index (χ0v) is 18.9. The molecule has 2 aliphatic rings. The molecule has 0 aliphatic heterocycles. The molecule has 0 spiro atoms. The summed E-state index contributed by atoms with van der Waals surface area (Å²) < 4.78 is 0. The lowest BCUT2D eigenvalue weighted by molar-refractivity contribution is -0.127. The van der Waals surface area contributed by atoms with E-state index in [9.17, 15) is 9.90 Å². The van der Waals surface area contributed by atoms with E-state index in [1.165, 1.54) is 24.8 Å². The van der Waals surface area contributed by atoms with Gasteiger partial charge in [0.2, 0.25) is 0 Å². The number of carbonyl (C=O) groups excluding carboxylic acids is 1. The molecule has 156 valence electrons. The molecule has 0 aromatic heterocycles. The van der Waals surface area contributed by atoms with Crippen LogP contribution in [0.15, 0.2) is 30.3 Å². The minimum atomic E-state index is -0.287. The monoisotopic (exact) mass is 402 g/mol. The third-order valence-corrected chi connectivity index (χ3v) is 9.68. The first-order valence-corrected chi connectivity index (χ1v) is 12.3. The zero-order valence-electron chi connectivity index (χ0n) is 18.1. The fourth-order valence-corrected chi connectivity index (χ4v) is 7.58. The number of hydrogen-bond donors (Lipinski definition) is 1. The first-order valence-electron chi connectivity index (χ1n) is 11.2. The first-order chi connectivity index (χ1) is 13.3. The van der Waals surface area contributed by atoms with Crippen LogP contribution in [0.2, 0.25) is 0 Å². The summed E-state index contributed by atoms with van der Waals surface area (Å²) in [5.74, 6) is 2.12. The van der Waals surface area contributed by atoms with E-state index in [0.717, 1.165) is 31.4 Å². The molecule has 2 bridgehead atoms. The van der Waals surface area contributed by atoms with Crippen LogP contribution in [0.25, 0.3) is 0 Å². The predicted molar refractivity (Wildman–Crippen MR) is 120 cm³/mol. The smallest absolute Gasteiger partial charge is 0.140 e. The second-order valence-corrected chi connectivity index (χ2v) is 10.9. The van der Waals surface area contributed by atoms with Crippen molar-refractivity contribution in [3.05, 3.63) is 35.9 Å². The Balaban J connectivity index is 1.76. The molecule has 0 radical (unpaired) electrons. The Bertz CT molecular complexity index is 656. The van der Waals surface area contributed by atoms with Gasteiger partial charge in [0.25, 0.3) is 0 Å². The lowest BCUT2D eigenvalue weighted by atomic mass is 9.70. The molecular weight excluding hydrogens is 364 g/mol. The number of rotatable bonds is 10. The van der Waals surface area contributed by atoms with Crippen LogP contribution in [0.5, 0.6) is 0 Å². The highest BCUT2D eigenvalue weighted by Crippen LogP contribution is 2.65. The van der Waals surface area contributed by atoms with Gasteiger partial charge < -0.3 is 5.11 Å². The van der Waals surface area contributed by atoms with Gasteiger partial charge in [-0.25, -0.2) is 0 Å². The highest BCUT2D eigenvalue weighted by molar-refractivity contribution is 7.99. The number of ketones is 1. The summed E-state index contributed by atoms with van der Waals surface area (Å²) in [7, 11) is 0. The number of Topliss-reactive ketones (excluding diaryl/α,β-unsaturated/α-hetero) is 1. The quantitative estimate of drug-likeness (QED) is 0.458. The number of fused-ring (bicyclic) bond motifs is 2. The average Bonchev–Trinajstić information content (AvgIpc) is 3.04. The SMILES string of the molecule is CCCCC[C@H](O)[C@@H](C)[C@@H](SC[C@]12CC[C@H](CC1=O)C2(C)C)c1ccccc1. The Labute approximate surface area is 175 Å². The number of carbonyl (C=O) groups is 1. The summed E-state index contributed by atoms with van der Waals surface area (Å²) in [6, 6.07) is 10.6. The van der Waals surface area contributed by atoms with Gasteiger partial charge in [-0.15, -0.1) is 0 Å². The van der Waals surface area contributed by atoms with Crippen molar-refractivity contribution in [2.75, 3.05) is 5.75 Å². The van der Waals surface area contributed by atoms with Crippen molar-refractivity contribution in [2.45, 2.75) is 84.0 Å². The fraction of sp³-hybridized carbons (Fsp3) is 0.720. The van der Waals surface area contributed by atoms with Gasteiger partial charge in [0.15, 0.2) is 0 Å². The van der Waals surface area contributed by atoms with Gasteiger partial charge in [-0.05, 0) is 42.1 Å². The number of hydrogen-bond acceptors (Lipinski definition) is 3. The molecule has 2 fully saturated rings. The highest BCUT2D eigenvalue weighted by atomic mass is 32.2. The summed E-state index contributed by atoms with van der Waals surface area (Å²) in [4.78, 5) is 12.9. The Hall–Kier alpha value is -0.800. The van der Waals surface area contributed by atoms with Crippen LogP contribution >= 0.6 is 11.8 Å². The van der Waals surface area contributed by atoms with Gasteiger partial charge in [-0.2, -0.15) is 11.8 Å². The molecule has 3 rings (SSSR count). The molecule has 0 heterocycles. The summed E-state index contributed by atoms with van der Waals surface area (Å²) >= 11 is 1.92. The topological polar surface area (TPSA) is 37.3 Å². The number of benzene rings is 1. The van der Waals surface area contributed by atoms with E-state index in [1.807, 2.05) is 11.8 Å². The molecule has 1 aromatic rings. The van der Waals surface area contributed by atoms with Crippen LogP contribution in [0, 0.1) is 22.7 Å². The maximum atomic E-state index is 12.9. The predicted octanol–water partition coefficient (Wildman–Crippen LogP) is 6.43. The van der Waals surface area contributed by atoms with Crippen molar-refractivity contribution >= 4 is 17.5 Å². The summed E-state index contributed by atoms with van der Waals surface area (Å²) in [6.07, 6.45) is 7.06. The zero-order chi connectivity index (χ0) is 20.4. The van der Waals surface area contributed by atoms with Crippen LogP contribution in [0.1, 0.15) is 83.5 Å². The van der Waals surface area contributed by atoms with Crippen molar-refractivity contribution in [1.82, 2.24) is 0 Å². The van der Waals surface area contributed by atoms with Crippen molar-refractivity contribution < 1.29 is 9.90 Å². The molecule has 3 heteroatoms. The van der Waals surface area contributed by atoms with Crippen LogP contribution in [0.3, 0.4) is 0 Å². The second kappa shape index (κ2) is 8.92. The van der Waals surface area contributed by atoms with E-state index in [-0.39, 0.29) is 28.1 Å². The minimum Gasteiger partial charge on any atom is -0.393 e. The number of thioether (sulfide) groups is 1.